The molecule has 1 atom stereocenters. The highest BCUT2D eigenvalue weighted by molar-refractivity contribution is 7.99. The third kappa shape index (κ3) is 4.38. The molecule has 1 aliphatic heterocycles. The Morgan fingerprint density at radius 2 is 2.05 bits per heavy atom. The number of nitrogens with one attached hydrogen (secondary N) is 1. The van der Waals surface area contributed by atoms with Crippen molar-refractivity contribution >= 4 is 21.8 Å². The largest absolute Gasteiger partial charge is 0.494 e. The van der Waals surface area contributed by atoms with Gasteiger partial charge in [0.05, 0.1) is 17.1 Å². The number of methoxy groups -OCH3 is 1. The van der Waals surface area contributed by atoms with Crippen LogP contribution in [-0.2, 0) is 14.8 Å². The van der Waals surface area contributed by atoms with E-state index in [0.29, 0.717) is 18.9 Å². The molecule has 0 spiro atoms. The van der Waals surface area contributed by atoms with E-state index in [2.05, 4.69) is 4.72 Å². The highest BCUT2D eigenvalue weighted by atomic mass is 32.2. The minimum Gasteiger partial charge on any atom is -0.494 e. The van der Waals surface area contributed by atoms with Gasteiger partial charge in [0.2, 0.25) is 10.0 Å². The highest BCUT2D eigenvalue weighted by Crippen LogP contribution is 2.30. The van der Waals surface area contributed by atoms with E-state index in [9.17, 15) is 8.42 Å². The van der Waals surface area contributed by atoms with E-state index in [4.69, 9.17) is 9.47 Å². The first-order valence-corrected chi connectivity index (χ1v) is 10.0. The predicted octanol–water partition coefficient (Wildman–Crippen LogP) is 2.28. The van der Waals surface area contributed by atoms with E-state index in [1.165, 1.54) is 0 Å². The maximum atomic E-state index is 12.4. The molecule has 1 heterocycles. The van der Waals surface area contributed by atoms with Crippen molar-refractivity contribution in [2.75, 3.05) is 31.8 Å². The van der Waals surface area contributed by atoms with Gasteiger partial charge in [0.1, 0.15) is 5.75 Å². The lowest BCUT2D eigenvalue weighted by molar-refractivity contribution is 0.0179. The summed E-state index contributed by atoms with van der Waals surface area (Å²) < 4.78 is 38.4. The van der Waals surface area contributed by atoms with Gasteiger partial charge in [0.25, 0.3) is 0 Å². The average molecular weight is 345 g/mol. The highest BCUT2D eigenvalue weighted by Gasteiger charge is 2.35. The molecule has 1 saturated heterocycles. The first-order valence-electron chi connectivity index (χ1n) is 7.37. The minimum absolute atomic E-state index is 0.244. The van der Waals surface area contributed by atoms with Gasteiger partial charge in [-0.3, -0.25) is 0 Å². The Morgan fingerprint density at radius 1 is 1.32 bits per heavy atom. The molecule has 22 heavy (non-hydrogen) atoms. The lowest BCUT2D eigenvalue weighted by atomic mass is 10.0. The summed E-state index contributed by atoms with van der Waals surface area (Å²) in [5.41, 5.74) is -0.387. The van der Waals surface area contributed by atoms with Crippen molar-refractivity contribution in [1.82, 2.24) is 4.72 Å². The zero-order chi connectivity index (χ0) is 16.1. The number of hydrogen-bond acceptors (Lipinski definition) is 5. The van der Waals surface area contributed by atoms with Crippen molar-refractivity contribution in [2.45, 2.75) is 30.3 Å². The van der Waals surface area contributed by atoms with E-state index in [0.717, 1.165) is 24.3 Å². The maximum Gasteiger partial charge on any atom is 0.240 e. The lowest BCUT2D eigenvalue weighted by Crippen LogP contribution is -2.44. The van der Waals surface area contributed by atoms with Crippen LogP contribution < -0.4 is 9.46 Å². The molecule has 7 heteroatoms. The third-order valence-electron chi connectivity index (χ3n) is 3.69. The molecule has 124 valence electrons. The molecular weight excluding hydrogens is 322 g/mol. The monoisotopic (exact) mass is 345 g/mol. The zero-order valence-corrected chi connectivity index (χ0v) is 14.6. The van der Waals surface area contributed by atoms with Crippen LogP contribution in [0.2, 0.25) is 0 Å². The van der Waals surface area contributed by atoms with E-state index < -0.39 is 10.0 Å². The van der Waals surface area contributed by atoms with Crippen molar-refractivity contribution in [1.29, 1.82) is 0 Å². The topological polar surface area (TPSA) is 64.6 Å². The summed E-state index contributed by atoms with van der Waals surface area (Å²) >= 11 is 1.79. The van der Waals surface area contributed by atoms with E-state index in [1.54, 1.807) is 43.1 Å². The van der Waals surface area contributed by atoms with Gasteiger partial charge in [0.15, 0.2) is 0 Å². The predicted molar refractivity (Wildman–Crippen MR) is 89.1 cm³/mol. The second-order valence-corrected chi connectivity index (χ2v) is 8.21. The molecule has 0 aliphatic carbocycles. The molecule has 0 bridgehead atoms. The summed E-state index contributed by atoms with van der Waals surface area (Å²) in [7, 11) is -1.89. The average Bonchev–Trinajstić information content (AvgIpc) is 3.01. The van der Waals surface area contributed by atoms with Gasteiger partial charge in [-0.25, -0.2) is 13.1 Å². The SMILES string of the molecule is CCCOc1ccc(S(=O)(=O)NCC2(OC)CCSC2)cc1. The minimum atomic E-state index is -3.53. The van der Waals surface area contributed by atoms with Crippen LogP contribution >= 0.6 is 11.8 Å². The first kappa shape index (κ1) is 17.6. The fraction of sp³-hybridized carbons (Fsp3) is 0.600. The molecule has 1 unspecified atom stereocenters. The molecule has 2 rings (SSSR count). The van der Waals surface area contributed by atoms with Crippen LogP contribution in [-0.4, -0.2) is 45.8 Å². The second-order valence-electron chi connectivity index (χ2n) is 5.33. The van der Waals surface area contributed by atoms with Gasteiger partial charge in [-0.2, -0.15) is 11.8 Å². The number of hydrogen-bond donors (Lipinski definition) is 1. The molecule has 1 aliphatic rings. The summed E-state index contributed by atoms with van der Waals surface area (Å²) in [6.45, 7) is 2.95. The Kier molecular flexibility index (Phi) is 6.14. The van der Waals surface area contributed by atoms with Crippen LogP contribution in [0.1, 0.15) is 19.8 Å². The summed E-state index contributed by atoms with van der Waals surface area (Å²) in [4.78, 5) is 0.244. The number of benzene rings is 1. The van der Waals surface area contributed by atoms with Crippen LogP contribution in [0, 0.1) is 0 Å². The molecular formula is C15H23NO4S2. The van der Waals surface area contributed by atoms with Crippen molar-refractivity contribution in [3.05, 3.63) is 24.3 Å². The van der Waals surface area contributed by atoms with Gasteiger partial charge >= 0.3 is 0 Å². The second kappa shape index (κ2) is 7.68. The Labute approximate surface area is 136 Å². The normalized spacial score (nSPS) is 21.9. The van der Waals surface area contributed by atoms with Crippen molar-refractivity contribution in [2.24, 2.45) is 0 Å². The quantitative estimate of drug-likeness (QED) is 0.783. The summed E-state index contributed by atoms with van der Waals surface area (Å²) in [5.74, 6) is 2.50. The molecule has 1 aromatic carbocycles. The van der Waals surface area contributed by atoms with E-state index >= 15 is 0 Å². The van der Waals surface area contributed by atoms with E-state index in [1.807, 2.05) is 6.92 Å². The van der Waals surface area contributed by atoms with Crippen LogP contribution in [0.3, 0.4) is 0 Å². The van der Waals surface area contributed by atoms with Gasteiger partial charge in [-0.1, -0.05) is 6.92 Å². The smallest absolute Gasteiger partial charge is 0.240 e. The molecule has 0 saturated carbocycles. The Morgan fingerprint density at radius 3 is 2.59 bits per heavy atom. The molecule has 0 radical (unpaired) electrons. The van der Waals surface area contributed by atoms with Crippen molar-refractivity contribution < 1.29 is 17.9 Å². The van der Waals surface area contributed by atoms with Gasteiger partial charge in [-0.15, -0.1) is 0 Å². The first-order chi connectivity index (χ1) is 10.5. The number of rotatable bonds is 8. The van der Waals surface area contributed by atoms with E-state index in [-0.39, 0.29) is 10.5 Å². The summed E-state index contributed by atoms with van der Waals surface area (Å²) in [5, 5.41) is 0. The van der Waals surface area contributed by atoms with Crippen LogP contribution in [0.4, 0.5) is 0 Å². The van der Waals surface area contributed by atoms with Crippen LogP contribution in [0.25, 0.3) is 0 Å². The van der Waals surface area contributed by atoms with Crippen LogP contribution in [0.15, 0.2) is 29.2 Å². The van der Waals surface area contributed by atoms with Gasteiger partial charge in [0, 0.05) is 19.4 Å². The molecule has 0 amide bonds. The standard InChI is InChI=1S/C15H23NO4S2/c1-3-9-20-13-4-6-14(7-5-13)22(17,18)16-11-15(19-2)8-10-21-12-15/h4-7,16H,3,8-12H2,1-2H3. The number of ether oxygens (including phenoxy) is 2. The zero-order valence-electron chi connectivity index (χ0n) is 13.0. The summed E-state index contributed by atoms with van der Waals surface area (Å²) in [6, 6.07) is 6.50. The Hall–Kier alpha value is -0.760. The van der Waals surface area contributed by atoms with Crippen molar-refractivity contribution in [3.63, 3.8) is 0 Å². The Balaban J connectivity index is 2.00. The maximum absolute atomic E-state index is 12.4. The van der Waals surface area contributed by atoms with Crippen molar-refractivity contribution in [3.8, 4) is 5.75 Å². The molecule has 1 fully saturated rings. The number of sulfonamides is 1. The van der Waals surface area contributed by atoms with Gasteiger partial charge < -0.3 is 9.47 Å². The Bertz CT molecular complexity index is 566. The van der Waals surface area contributed by atoms with Crippen LogP contribution in [0.5, 0.6) is 5.75 Å². The molecule has 5 nitrogen and oxygen atoms in total. The number of thioether (sulfide) groups is 1. The molecule has 0 aromatic heterocycles. The fourth-order valence-electron chi connectivity index (χ4n) is 2.21. The molecule has 1 N–H and O–H groups in total. The van der Waals surface area contributed by atoms with Gasteiger partial charge in [-0.05, 0) is 42.9 Å². The molecule has 1 aromatic rings. The fourth-order valence-corrected chi connectivity index (χ4v) is 4.72. The lowest BCUT2D eigenvalue weighted by Gasteiger charge is -2.26. The third-order valence-corrected chi connectivity index (χ3v) is 6.33. The summed E-state index contributed by atoms with van der Waals surface area (Å²) in [6.07, 6.45) is 1.78.